The van der Waals surface area contributed by atoms with Crippen LogP contribution < -0.4 is 0 Å². The summed E-state index contributed by atoms with van der Waals surface area (Å²) in [5.74, 6) is -1.63. The van der Waals surface area contributed by atoms with Crippen molar-refractivity contribution in [1.29, 1.82) is 0 Å². The largest absolute Gasteiger partial charge is 0.481 e. The average Bonchev–Trinajstić information content (AvgIpc) is 3.20. The van der Waals surface area contributed by atoms with Crippen LogP contribution >= 0.6 is 11.3 Å². The number of carboxylic acid groups (broad SMARTS) is 1. The number of imidazole rings is 1. The second kappa shape index (κ2) is 6.31. The number of amides is 1. The molecule has 0 unspecified atom stereocenters. The first-order chi connectivity index (χ1) is 10.7. The predicted octanol–water partition coefficient (Wildman–Crippen LogP) is 2.01. The van der Waals surface area contributed by atoms with Crippen molar-refractivity contribution >= 4 is 23.2 Å². The number of likely N-dealkylation sites (tertiary alicyclic amines) is 1. The number of carbonyl (C=O) groups is 2. The van der Waals surface area contributed by atoms with Gasteiger partial charge in [-0.2, -0.15) is 11.3 Å². The van der Waals surface area contributed by atoms with E-state index < -0.39 is 11.9 Å². The number of carbonyl (C=O) groups excluding carboxylic acids is 1. The number of rotatable bonds is 6. The monoisotopic (exact) mass is 319 g/mol. The summed E-state index contributed by atoms with van der Waals surface area (Å²) in [5.41, 5.74) is 0.922. The lowest BCUT2D eigenvalue weighted by molar-refractivity contribution is -0.142. The number of nitrogens with zero attached hydrogens (tertiary/aromatic N) is 3. The number of thiophene rings is 1. The van der Waals surface area contributed by atoms with Crippen molar-refractivity contribution in [3.05, 3.63) is 41.1 Å². The van der Waals surface area contributed by atoms with E-state index in [1.165, 1.54) is 11.3 Å². The van der Waals surface area contributed by atoms with Crippen LogP contribution in [0.1, 0.15) is 24.4 Å². The molecule has 1 aliphatic rings. The summed E-state index contributed by atoms with van der Waals surface area (Å²) in [4.78, 5) is 29.4. The summed E-state index contributed by atoms with van der Waals surface area (Å²) < 4.78 is 1.95. The fraction of sp³-hybridized carbons (Fsp3) is 0.400. The SMILES string of the molecule is O=C(O)[C@@H]1CC(=O)N(CCCn2ccnc2)[C@H]1c1ccsc1. The Kier molecular flexibility index (Phi) is 4.24. The summed E-state index contributed by atoms with van der Waals surface area (Å²) in [7, 11) is 0. The van der Waals surface area contributed by atoms with Crippen LogP contribution in [0.3, 0.4) is 0 Å². The van der Waals surface area contributed by atoms with Gasteiger partial charge in [-0.05, 0) is 28.8 Å². The van der Waals surface area contributed by atoms with Gasteiger partial charge in [-0.3, -0.25) is 9.59 Å². The molecule has 1 amide bonds. The lowest BCUT2D eigenvalue weighted by atomic mass is 9.95. The maximum atomic E-state index is 12.2. The van der Waals surface area contributed by atoms with Crippen LogP contribution in [-0.4, -0.2) is 38.0 Å². The van der Waals surface area contributed by atoms with Gasteiger partial charge in [0.15, 0.2) is 0 Å². The van der Waals surface area contributed by atoms with Crippen LogP contribution in [0.25, 0.3) is 0 Å². The number of aromatic nitrogens is 2. The molecule has 1 saturated heterocycles. The van der Waals surface area contributed by atoms with E-state index in [2.05, 4.69) is 4.98 Å². The average molecular weight is 319 g/mol. The molecule has 0 saturated carbocycles. The van der Waals surface area contributed by atoms with Crippen LogP contribution in [0.2, 0.25) is 0 Å². The minimum absolute atomic E-state index is 0.0748. The van der Waals surface area contributed by atoms with Crippen molar-refractivity contribution < 1.29 is 14.7 Å². The lowest BCUT2D eigenvalue weighted by Crippen LogP contribution is -2.31. The number of hydrogen-bond acceptors (Lipinski definition) is 4. The Morgan fingerprint density at radius 3 is 2.95 bits per heavy atom. The molecule has 7 heteroatoms. The van der Waals surface area contributed by atoms with Gasteiger partial charge in [-0.1, -0.05) is 0 Å². The molecular weight excluding hydrogens is 302 g/mol. The Hall–Kier alpha value is -2.15. The third-order valence-corrected chi connectivity index (χ3v) is 4.71. The zero-order valence-electron chi connectivity index (χ0n) is 12.0. The van der Waals surface area contributed by atoms with Crippen LogP contribution in [-0.2, 0) is 16.1 Å². The smallest absolute Gasteiger partial charge is 0.309 e. The van der Waals surface area contributed by atoms with E-state index in [-0.39, 0.29) is 18.4 Å². The maximum absolute atomic E-state index is 12.2. The molecule has 0 aromatic carbocycles. The summed E-state index contributed by atoms with van der Waals surface area (Å²) >= 11 is 1.52. The highest BCUT2D eigenvalue weighted by Gasteiger charge is 2.44. The van der Waals surface area contributed by atoms with Crippen LogP contribution in [0, 0.1) is 5.92 Å². The highest BCUT2D eigenvalue weighted by molar-refractivity contribution is 7.08. The van der Waals surface area contributed by atoms with Gasteiger partial charge in [0.1, 0.15) is 0 Å². The fourth-order valence-corrected chi connectivity index (χ4v) is 3.66. The van der Waals surface area contributed by atoms with Gasteiger partial charge in [0, 0.05) is 31.9 Å². The van der Waals surface area contributed by atoms with Crippen LogP contribution in [0.5, 0.6) is 0 Å². The standard InChI is InChI=1S/C15H17N3O3S/c19-13-8-12(15(20)21)14(11-2-7-22-9-11)18(13)5-1-4-17-6-3-16-10-17/h2-3,6-7,9-10,12,14H,1,4-5,8H2,(H,20,21)/t12-,14+/m1/s1. The van der Waals surface area contributed by atoms with Crippen molar-refractivity contribution in [3.8, 4) is 0 Å². The van der Waals surface area contributed by atoms with Crippen LogP contribution in [0.4, 0.5) is 0 Å². The number of hydrogen-bond donors (Lipinski definition) is 1. The molecule has 2 aromatic heterocycles. The van der Waals surface area contributed by atoms with Crippen molar-refractivity contribution in [2.45, 2.75) is 25.4 Å². The summed E-state index contributed by atoms with van der Waals surface area (Å²) in [6, 6.07) is 1.56. The van der Waals surface area contributed by atoms with Crippen LogP contribution in [0.15, 0.2) is 35.5 Å². The Morgan fingerprint density at radius 2 is 2.32 bits per heavy atom. The predicted molar refractivity (Wildman–Crippen MR) is 81.4 cm³/mol. The van der Waals surface area contributed by atoms with Gasteiger partial charge in [-0.15, -0.1) is 0 Å². The second-order valence-electron chi connectivity index (χ2n) is 5.39. The van der Waals surface area contributed by atoms with Gasteiger partial charge in [0.2, 0.25) is 5.91 Å². The van der Waals surface area contributed by atoms with Gasteiger partial charge in [0.25, 0.3) is 0 Å². The third kappa shape index (κ3) is 2.89. The van der Waals surface area contributed by atoms with Gasteiger partial charge >= 0.3 is 5.97 Å². The van der Waals surface area contributed by atoms with E-state index in [9.17, 15) is 14.7 Å². The number of carboxylic acids is 1. The second-order valence-corrected chi connectivity index (χ2v) is 6.17. The van der Waals surface area contributed by atoms with Crippen molar-refractivity contribution in [2.24, 2.45) is 5.92 Å². The highest BCUT2D eigenvalue weighted by atomic mass is 32.1. The minimum Gasteiger partial charge on any atom is -0.481 e. The third-order valence-electron chi connectivity index (χ3n) is 4.01. The van der Waals surface area contributed by atoms with E-state index >= 15 is 0 Å². The maximum Gasteiger partial charge on any atom is 0.309 e. The Labute approximate surface area is 132 Å². The molecule has 1 N–H and O–H groups in total. The molecule has 3 rings (SSSR count). The number of aryl methyl sites for hydroxylation is 1. The normalized spacial score (nSPS) is 21.5. The Balaban J connectivity index is 1.72. The van der Waals surface area contributed by atoms with E-state index in [0.29, 0.717) is 6.54 Å². The van der Waals surface area contributed by atoms with Crippen molar-refractivity contribution in [1.82, 2.24) is 14.5 Å². The quantitative estimate of drug-likeness (QED) is 0.884. The first kappa shape index (κ1) is 14.8. The van der Waals surface area contributed by atoms with E-state index in [1.807, 2.05) is 27.6 Å². The molecule has 22 heavy (non-hydrogen) atoms. The van der Waals surface area contributed by atoms with E-state index in [1.54, 1.807) is 17.4 Å². The Bertz CT molecular complexity index is 639. The molecule has 3 heterocycles. The van der Waals surface area contributed by atoms with Gasteiger partial charge in [0.05, 0.1) is 18.3 Å². The summed E-state index contributed by atoms with van der Waals surface area (Å²) in [6.45, 7) is 1.32. The first-order valence-electron chi connectivity index (χ1n) is 7.17. The summed E-state index contributed by atoms with van der Waals surface area (Å²) in [5, 5.41) is 13.3. The zero-order chi connectivity index (χ0) is 15.5. The van der Waals surface area contributed by atoms with E-state index in [4.69, 9.17) is 0 Å². The molecule has 0 bridgehead atoms. The van der Waals surface area contributed by atoms with Crippen molar-refractivity contribution in [3.63, 3.8) is 0 Å². The van der Waals surface area contributed by atoms with Crippen molar-refractivity contribution in [2.75, 3.05) is 6.54 Å². The van der Waals surface area contributed by atoms with E-state index in [0.717, 1.165) is 18.5 Å². The topological polar surface area (TPSA) is 75.4 Å². The van der Waals surface area contributed by atoms with Gasteiger partial charge < -0.3 is 14.6 Å². The molecule has 0 radical (unpaired) electrons. The molecule has 0 spiro atoms. The zero-order valence-corrected chi connectivity index (χ0v) is 12.8. The molecule has 1 fully saturated rings. The molecule has 6 nitrogen and oxygen atoms in total. The van der Waals surface area contributed by atoms with Gasteiger partial charge in [-0.25, -0.2) is 4.98 Å². The molecule has 0 aliphatic carbocycles. The molecule has 1 aliphatic heterocycles. The number of aliphatic carboxylic acids is 1. The molecular formula is C15H17N3O3S. The molecule has 2 atom stereocenters. The summed E-state index contributed by atoms with van der Waals surface area (Å²) in [6.07, 6.45) is 6.19. The molecule has 116 valence electrons. The Morgan fingerprint density at radius 1 is 1.45 bits per heavy atom. The fourth-order valence-electron chi connectivity index (χ4n) is 2.97. The first-order valence-corrected chi connectivity index (χ1v) is 8.11. The minimum atomic E-state index is -0.901. The highest BCUT2D eigenvalue weighted by Crippen LogP contribution is 2.39. The molecule has 2 aromatic rings. The lowest BCUT2D eigenvalue weighted by Gasteiger charge is -2.26.